The van der Waals surface area contributed by atoms with E-state index in [0.717, 1.165) is 18.7 Å². The van der Waals surface area contributed by atoms with E-state index in [9.17, 15) is 0 Å². The van der Waals surface area contributed by atoms with Crippen LogP contribution in [0.1, 0.15) is 43.7 Å². The smallest absolute Gasteiger partial charge is 0.246 e. The molecule has 1 atom stereocenters. The normalized spacial score (nSPS) is 12.8. The van der Waals surface area contributed by atoms with Gasteiger partial charge in [0.15, 0.2) is 5.82 Å². The molecular weight excluding hydrogens is 228 g/mol. The van der Waals surface area contributed by atoms with Crippen LogP contribution in [0.2, 0.25) is 0 Å². The van der Waals surface area contributed by atoms with Crippen molar-refractivity contribution in [3.63, 3.8) is 0 Å². The van der Waals surface area contributed by atoms with Crippen molar-refractivity contribution < 1.29 is 4.52 Å². The molecule has 1 N–H and O–H groups in total. The highest BCUT2D eigenvalue weighted by molar-refractivity contribution is 5.12. The molecule has 2 heterocycles. The van der Waals surface area contributed by atoms with E-state index in [4.69, 9.17) is 4.52 Å². The molecule has 0 amide bonds. The summed E-state index contributed by atoms with van der Waals surface area (Å²) in [5.74, 6) is 1.46. The van der Waals surface area contributed by atoms with Gasteiger partial charge in [-0.1, -0.05) is 12.1 Å². The second kappa shape index (κ2) is 5.82. The van der Waals surface area contributed by atoms with Crippen molar-refractivity contribution in [1.82, 2.24) is 20.0 Å². The van der Waals surface area contributed by atoms with Crippen molar-refractivity contribution in [2.45, 2.75) is 39.3 Å². The second-order valence-corrected chi connectivity index (χ2v) is 4.43. The lowest BCUT2D eigenvalue weighted by atomic mass is 10.2. The number of hydrogen-bond acceptors (Lipinski definition) is 4. The highest BCUT2D eigenvalue weighted by atomic mass is 16.5. The van der Waals surface area contributed by atoms with Gasteiger partial charge >= 0.3 is 0 Å². The first-order valence-corrected chi connectivity index (χ1v) is 6.38. The van der Waals surface area contributed by atoms with E-state index in [0.29, 0.717) is 18.5 Å². The number of rotatable bonds is 6. The van der Waals surface area contributed by atoms with Crippen LogP contribution in [-0.2, 0) is 13.0 Å². The van der Waals surface area contributed by atoms with Gasteiger partial charge in [-0.3, -0.25) is 0 Å². The van der Waals surface area contributed by atoms with Gasteiger partial charge in [-0.05, 0) is 32.5 Å². The van der Waals surface area contributed by atoms with E-state index in [2.05, 4.69) is 39.9 Å². The minimum absolute atomic E-state index is 0.304. The standard InChI is InChI=1S/C13H20N4O/c1-4-6-12-15-13(18-16-12)9-17-8-5-7-11(17)10(2)14-3/h5,7-8,10,14H,4,6,9H2,1-3H3. The lowest BCUT2D eigenvalue weighted by Crippen LogP contribution is -2.17. The Hall–Kier alpha value is -1.62. The number of nitrogens with zero attached hydrogens (tertiary/aromatic N) is 3. The van der Waals surface area contributed by atoms with E-state index in [1.54, 1.807) is 0 Å². The van der Waals surface area contributed by atoms with E-state index in [1.807, 2.05) is 19.3 Å². The zero-order valence-electron chi connectivity index (χ0n) is 11.2. The Morgan fingerprint density at radius 3 is 3.06 bits per heavy atom. The fourth-order valence-electron chi connectivity index (χ4n) is 1.94. The maximum Gasteiger partial charge on any atom is 0.246 e. The molecule has 0 fully saturated rings. The average molecular weight is 248 g/mol. The van der Waals surface area contributed by atoms with Gasteiger partial charge in [0, 0.05) is 24.4 Å². The molecule has 0 bridgehead atoms. The third-order valence-electron chi connectivity index (χ3n) is 3.03. The van der Waals surface area contributed by atoms with Crippen molar-refractivity contribution in [3.05, 3.63) is 35.7 Å². The van der Waals surface area contributed by atoms with Crippen LogP contribution < -0.4 is 5.32 Å². The fraction of sp³-hybridized carbons (Fsp3) is 0.538. The van der Waals surface area contributed by atoms with E-state index >= 15 is 0 Å². The molecule has 0 aliphatic carbocycles. The van der Waals surface area contributed by atoms with E-state index < -0.39 is 0 Å². The minimum Gasteiger partial charge on any atom is -0.341 e. The van der Waals surface area contributed by atoms with Crippen LogP contribution in [0.5, 0.6) is 0 Å². The molecule has 2 aromatic heterocycles. The molecular formula is C13H20N4O. The number of hydrogen-bond donors (Lipinski definition) is 1. The Labute approximate surface area is 107 Å². The van der Waals surface area contributed by atoms with Gasteiger partial charge in [-0.25, -0.2) is 0 Å². The van der Waals surface area contributed by atoms with Crippen LogP contribution in [0.15, 0.2) is 22.9 Å². The van der Waals surface area contributed by atoms with Gasteiger partial charge in [0.2, 0.25) is 5.89 Å². The molecule has 98 valence electrons. The Bertz CT molecular complexity index is 489. The first-order chi connectivity index (χ1) is 8.74. The van der Waals surface area contributed by atoms with Crippen LogP contribution in [0.3, 0.4) is 0 Å². The Balaban J connectivity index is 2.10. The molecule has 2 aromatic rings. The summed E-state index contributed by atoms with van der Waals surface area (Å²) in [7, 11) is 1.95. The molecule has 5 heteroatoms. The minimum atomic E-state index is 0.304. The second-order valence-electron chi connectivity index (χ2n) is 4.43. The Morgan fingerprint density at radius 1 is 1.50 bits per heavy atom. The van der Waals surface area contributed by atoms with Crippen molar-refractivity contribution in [3.8, 4) is 0 Å². The summed E-state index contributed by atoms with van der Waals surface area (Å²) >= 11 is 0. The summed E-state index contributed by atoms with van der Waals surface area (Å²) in [5, 5.41) is 7.20. The lowest BCUT2D eigenvalue weighted by Gasteiger charge is -2.13. The topological polar surface area (TPSA) is 55.9 Å². The maximum absolute atomic E-state index is 5.26. The molecule has 0 saturated heterocycles. The predicted octanol–water partition coefficient (Wildman–Crippen LogP) is 2.15. The first kappa shape index (κ1) is 12.8. The SMILES string of the molecule is CCCc1noc(Cn2cccc2C(C)NC)n1. The molecule has 0 aliphatic rings. The molecule has 18 heavy (non-hydrogen) atoms. The monoisotopic (exact) mass is 248 g/mol. The molecule has 0 radical (unpaired) electrons. The fourth-order valence-corrected chi connectivity index (χ4v) is 1.94. The third kappa shape index (κ3) is 2.79. The zero-order valence-corrected chi connectivity index (χ0v) is 11.2. The van der Waals surface area contributed by atoms with Gasteiger partial charge in [-0.15, -0.1) is 0 Å². The number of aryl methyl sites for hydroxylation is 1. The third-order valence-corrected chi connectivity index (χ3v) is 3.03. The molecule has 2 rings (SSSR count). The van der Waals surface area contributed by atoms with Crippen LogP contribution in [0, 0.1) is 0 Å². The van der Waals surface area contributed by atoms with Gasteiger partial charge in [0.25, 0.3) is 0 Å². The van der Waals surface area contributed by atoms with E-state index in [-0.39, 0.29) is 0 Å². The lowest BCUT2D eigenvalue weighted by molar-refractivity contribution is 0.363. The van der Waals surface area contributed by atoms with Crippen molar-refractivity contribution >= 4 is 0 Å². The summed E-state index contributed by atoms with van der Waals surface area (Å²) in [4.78, 5) is 4.38. The highest BCUT2D eigenvalue weighted by Gasteiger charge is 2.11. The number of nitrogens with one attached hydrogen (secondary N) is 1. The molecule has 0 spiro atoms. The van der Waals surface area contributed by atoms with Crippen molar-refractivity contribution in [1.29, 1.82) is 0 Å². The van der Waals surface area contributed by atoms with Gasteiger partial charge in [0.05, 0.1) is 0 Å². The van der Waals surface area contributed by atoms with E-state index in [1.165, 1.54) is 5.69 Å². The molecule has 0 saturated carbocycles. The summed E-state index contributed by atoms with van der Waals surface area (Å²) in [5.41, 5.74) is 1.22. The Morgan fingerprint density at radius 2 is 2.33 bits per heavy atom. The summed E-state index contributed by atoms with van der Waals surface area (Å²) in [6.45, 7) is 4.86. The van der Waals surface area contributed by atoms with Crippen LogP contribution in [-0.4, -0.2) is 21.8 Å². The Kier molecular flexibility index (Phi) is 4.15. The van der Waals surface area contributed by atoms with Crippen LogP contribution in [0.4, 0.5) is 0 Å². The average Bonchev–Trinajstić information content (AvgIpc) is 2.99. The maximum atomic E-state index is 5.26. The predicted molar refractivity (Wildman–Crippen MR) is 69.3 cm³/mol. The quantitative estimate of drug-likeness (QED) is 0.851. The van der Waals surface area contributed by atoms with Crippen molar-refractivity contribution in [2.24, 2.45) is 0 Å². The molecule has 1 unspecified atom stereocenters. The van der Waals surface area contributed by atoms with Crippen LogP contribution in [0.25, 0.3) is 0 Å². The summed E-state index contributed by atoms with van der Waals surface area (Å²) in [6, 6.07) is 4.44. The largest absolute Gasteiger partial charge is 0.341 e. The molecule has 0 aliphatic heterocycles. The van der Waals surface area contributed by atoms with Crippen molar-refractivity contribution in [2.75, 3.05) is 7.05 Å². The first-order valence-electron chi connectivity index (χ1n) is 6.38. The van der Waals surface area contributed by atoms with Gasteiger partial charge in [0.1, 0.15) is 6.54 Å². The summed E-state index contributed by atoms with van der Waals surface area (Å²) in [6.07, 6.45) is 3.94. The molecule has 5 nitrogen and oxygen atoms in total. The summed E-state index contributed by atoms with van der Waals surface area (Å²) < 4.78 is 7.39. The van der Waals surface area contributed by atoms with Crippen LogP contribution >= 0.6 is 0 Å². The number of aromatic nitrogens is 3. The molecule has 0 aromatic carbocycles. The highest BCUT2D eigenvalue weighted by Crippen LogP contribution is 2.14. The zero-order chi connectivity index (χ0) is 13.0. The van der Waals surface area contributed by atoms with Gasteiger partial charge in [-0.2, -0.15) is 4.98 Å². The van der Waals surface area contributed by atoms with Gasteiger partial charge < -0.3 is 14.4 Å².